The lowest BCUT2D eigenvalue weighted by atomic mass is 9.84. The molecule has 2 aromatic carbocycles. The van der Waals surface area contributed by atoms with Crippen LogP contribution >= 0.6 is 0 Å². The van der Waals surface area contributed by atoms with Gasteiger partial charge in [0.15, 0.2) is 0 Å². The molecule has 1 unspecified atom stereocenters. The number of fused-ring (bicyclic) bond motifs is 2. The van der Waals surface area contributed by atoms with E-state index in [0.29, 0.717) is 5.92 Å². The van der Waals surface area contributed by atoms with E-state index in [2.05, 4.69) is 63.4 Å². The third-order valence-electron chi connectivity index (χ3n) is 5.79. The van der Waals surface area contributed by atoms with Gasteiger partial charge in [0, 0.05) is 48.6 Å². The van der Waals surface area contributed by atoms with Crippen LogP contribution in [0.15, 0.2) is 48.8 Å². The van der Waals surface area contributed by atoms with Crippen molar-refractivity contribution in [2.24, 2.45) is 0 Å². The summed E-state index contributed by atoms with van der Waals surface area (Å²) >= 11 is 0. The molecular formula is C22H24N4O. The summed E-state index contributed by atoms with van der Waals surface area (Å²) in [6.07, 6.45) is 3.68. The normalized spacial score (nSPS) is 20.6. The summed E-state index contributed by atoms with van der Waals surface area (Å²) < 4.78 is 5.50. The zero-order valence-corrected chi connectivity index (χ0v) is 15.6. The van der Waals surface area contributed by atoms with Crippen molar-refractivity contribution in [3.8, 4) is 0 Å². The number of anilines is 1. The monoisotopic (exact) mass is 360 g/mol. The molecule has 0 N–H and O–H groups in total. The van der Waals surface area contributed by atoms with Crippen molar-refractivity contribution >= 4 is 16.5 Å². The minimum absolute atomic E-state index is 0.384. The Kier molecular flexibility index (Phi) is 4.26. The zero-order valence-electron chi connectivity index (χ0n) is 15.6. The highest BCUT2D eigenvalue weighted by Gasteiger charge is 2.26. The average molecular weight is 360 g/mol. The highest BCUT2D eigenvalue weighted by molar-refractivity contribution is 5.81. The minimum atomic E-state index is 0.384. The number of morpholine rings is 1. The second-order valence-electron chi connectivity index (χ2n) is 7.61. The standard InChI is InChI=1S/C22H24N4O/c1-25-14-19-11-20(26-6-8-27-9-7-26)4-5-21(19)22(15-25)16-2-3-17-12-23-24-13-18(17)10-16/h2-5,10-13,22H,6-9,14-15H2,1H3. The molecule has 0 amide bonds. The molecule has 1 saturated heterocycles. The first kappa shape index (κ1) is 16.7. The summed E-state index contributed by atoms with van der Waals surface area (Å²) in [5, 5.41) is 10.3. The van der Waals surface area contributed by atoms with Crippen LogP contribution in [0.1, 0.15) is 22.6 Å². The molecule has 3 heterocycles. The van der Waals surface area contributed by atoms with Crippen LogP contribution in [0, 0.1) is 0 Å². The van der Waals surface area contributed by atoms with Crippen LogP contribution in [-0.2, 0) is 11.3 Å². The molecule has 5 heteroatoms. The van der Waals surface area contributed by atoms with E-state index in [1.807, 2.05) is 12.4 Å². The lowest BCUT2D eigenvalue weighted by molar-refractivity contribution is 0.122. The maximum Gasteiger partial charge on any atom is 0.0642 e. The Bertz CT molecular complexity index is 967. The molecule has 1 fully saturated rings. The molecular weight excluding hydrogens is 336 g/mol. The Labute approximate surface area is 159 Å². The first-order chi connectivity index (χ1) is 13.3. The topological polar surface area (TPSA) is 41.5 Å². The molecule has 27 heavy (non-hydrogen) atoms. The maximum absolute atomic E-state index is 5.50. The third kappa shape index (κ3) is 3.17. The second-order valence-corrected chi connectivity index (χ2v) is 7.61. The predicted octanol–water partition coefficient (Wildman–Crippen LogP) is 3.04. The van der Waals surface area contributed by atoms with Gasteiger partial charge in [-0.1, -0.05) is 18.2 Å². The van der Waals surface area contributed by atoms with Crippen molar-refractivity contribution in [3.63, 3.8) is 0 Å². The number of hydrogen-bond acceptors (Lipinski definition) is 5. The number of aromatic nitrogens is 2. The number of nitrogens with zero attached hydrogens (tertiary/aromatic N) is 4. The van der Waals surface area contributed by atoms with Crippen molar-refractivity contribution in [1.29, 1.82) is 0 Å². The van der Waals surface area contributed by atoms with Crippen molar-refractivity contribution in [1.82, 2.24) is 15.1 Å². The smallest absolute Gasteiger partial charge is 0.0642 e. The third-order valence-corrected chi connectivity index (χ3v) is 5.79. The summed E-state index contributed by atoms with van der Waals surface area (Å²) in [6.45, 7) is 5.63. The summed E-state index contributed by atoms with van der Waals surface area (Å²) in [4.78, 5) is 4.85. The van der Waals surface area contributed by atoms with E-state index in [1.165, 1.54) is 22.4 Å². The average Bonchev–Trinajstić information content (AvgIpc) is 2.73. The summed E-state index contributed by atoms with van der Waals surface area (Å²) in [6, 6.07) is 13.7. The molecule has 5 rings (SSSR count). The largest absolute Gasteiger partial charge is 0.378 e. The van der Waals surface area contributed by atoms with Crippen LogP contribution in [0.3, 0.4) is 0 Å². The van der Waals surface area contributed by atoms with Gasteiger partial charge in [-0.05, 0) is 41.9 Å². The molecule has 0 spiro atoms. The first-order valence-electron chi connectivity index (χ1n) is 9.62. The quantitative estimate of drug-likeness (QED) is 0.703. The number of hydrogen-bond donors (Lipinski definition) is 0. The fraction of sp³-hybridized carbons (Fsp3) is 0.364. The van der Waals surface area contributed by atoms with E-state index in [1.54, 1.807) is 0 Å². The Morgan fingerprint density at radius 1 is 0.963 bits per heavy atom. The molecule has 0 aliphatic carbocycles. The van der Waals surface area contributed by atoms with Crippen LogP contribution in [0.2, 0.25) is 0 Å². The lowest BCUT2D eigenvalue weighted by Gasteiger charge is -2.35. The van der Waals surface area contributed by atoms with E-state index in [0.717, 1.165) is 50.2 Å². The highest BCUT2D eigenvalue weighted by atomic mass is 16.5. The Balaban J connectivity index is 1.53. The van der Waals surface area contributed by atoms with E-state index in [9.17, 15) is 0 Å². The molecule has 3 aromatic rings. The fourth-order valence-corrected chi connectivity index (χ4v) is 4.37. The number of rotatable bonds is 2. The van der Waals surface area contributed by atoms with Crippen molar-refractivity contribution < 1.29 is 4.74 Å². The zero-order chi connectivity index (χ0) is 18.2. The first-order valence-corrected chi connectivity index (χ1v) is 9.62. The molecule has 5 nitrogen and oxygen atoms in total. The summed E-state index contributed by atoms with van der Waals surface area (Å²) in [7, 11) is 2.21. The van der Waals surface area contributed by atoms with E-state index in [-0.39, 0.29) is 0 Å². The van der Waals surface area contributed by atoms with Crippen LogP contribution in [0.5, 0.6) is 0 Å². The van der Waals surface area contributed by atoms with E-state index < -0.39 is 0 Å². The number of likely N-dealkylation sites (N-methyl/N-ethyl adjacent to an activating group) is 1. The van der Waals surface area contributed by atoms with E-state index in [4.69, 9.17) is 4.74 Å². The van der Waals surface area contributed by atoms with Crippen molar-refractivity contribution in [2.75, 3.05) is 44.8 Å². The summed E-state index contributed by atoms with van der Waals surface area (Å²) in [5.41, 5.74) is 5.56. The van der Waals surface area contributed by atoms with Gasteiger partial charge in [0.25, 0.3) is 0 Å². The van der Waals surface area contributed by atoms with Gasteiger partial charge in [-0.2, -0.15) is 10.2 Å². The molecule has 2 aliphatic heterocycles. The van der Waals surface area contributed by atoms with Gasteiger partial charge < -0.3 is 14.5 Å². The lowest BCUT2D eigenvalue weighted by Crippen LogP contribution is -2.36. The Hall–Kier alpha value is -2.50. The minimum Gasteiger partial charge on any atom is -0.378 e. The molecule has 1 aromatic heterocycles. The van der Waals surface area contributed by atoms with Crippen LogP contribution in [-0.4, -0.2) is 55.0 Å². The van der Waals surface area contributed by atoms with Gasteiger partial charge in [-0.15, -0.1) is 0 Å². The van der Waals surface area contributed by atoms with E-state index >= 15 is 0 Å². The van der Waals surface area contributed by atoms with Gasteiger partial charge in [-0.3, -0.25) is 0 Å². The van der Waals surface area contributed by atoms with Crippen LogP contribution < -0.4 is 4.90 Å². The molecule has 1 atom stereocenters. The van der Waals surface area contributed by atoms with Crippen molar-refractivity contribution in [3.05, 3.63) is 65.5 Å². The molecule has 138 valence electrons. The van der Waals surface area contributed by atoms with Crippen molar-refractivity contribution in [2.45, 2.75) is 12.5 Å². The Morgan fingerprint density at radius 3 is 2.63 bits per heavy atom. The van der Waals surface area contributed by atoms with Gasteiger partial charge in [-0.25, -0.2) is 0 Å². The molecule has 0 saturated carbocycles. The van der Waals surface area contributed by atoms with Gasteiger partial charge in [0.2, 0.25) is 0 Å². The molecule has 0 radical (unpaired) electrons. The van der Waals surface area contributed by atoms with Gasteiger partial charge >= 0.3 is 0 Å². The Morgan fingerprint density at radius 2 is 1.78 bits per heavy atom. The van der Waals surface area contributed by atoms with Crippen LogP contribution in [0.25, 0.3) is 10.8 Å². The maximum atomic E-state index is 5.50. The van der Waals surface area contributed by atoms with Crippen LogP contribution in [0.4, 0.5) is 5.69 Å². The molecule has 0 bridgehead atoms. The summed E-state index contributed by atoms with van der Waals surface area (Å²) in [5.74, 6) is 0.384. The van der Waals surface area contributed by atoms with Gasteiger partial charge in [0.05, 0.1) is 25.6 Å². The van der Waals surface area contributed by atoms with Gasteiger partial charge in [0.1, 0.15) is 0 Å². The number of ether oxygens (including phenoxy) is 1. The second kappa shape index (κ2) is 6.91. The fourth-order valence-electron chi connectivity index (χ4n) is 4.37. The predicted molar refractivity (Wildman–Crippen MR) is 107 cm³/mol. The number of benzene rings is 2. The molecule has 2 aliphatic rings. The SMILES string of the molecule is CN1Cc2cc(N3CCOCC3)ccc2C(c2ccc3cnncc3c2)C1. The highest BCUT2D eigenvalue weighted by Crippen LogP contribution is 2.36.